The summed E-state index contributed by atoms with van der Waals surface area (Å²) in [5, 5.41) is 9.31. The van der Waals surface area contributed by atoms with Gasteiger partial charge in [0.25, 0.3) is 0 Å². The lowest BCUT2D eigenvalue weighted by atomic mass is 9.92. The Bertz CT molecular complexity index is 1970. The number of alkyl halides is 4. The first-order valence-corrected chi connectivity index (χ1v) is 16.2. The Kier molecular flexibility index (Phi) is 7.02. The first kappa shape index (κ1) is 30.5. The van der Waals surface area contributed by atoms with Gasteiger partial charge in [-0.3, -0.25) is 4.90 Å². The molecule has 5 saturated heterocycles. The summed E-state index contributed by atoms with van der Waals surface area (Å²) in [6.07, 6.45) is -2.96. The number of nitrogens with zero attached hydrogens (tertiary/aromatic N) is 5. The lowest BCUT2D eigenvalue weighted by molar-refractivity contribution is -0.137. The largest absolute Gasteiger partial charge is 0.461 e. The lowest BCUT2D eigenvalue weighted by Gasteiger charge is -2.46. The molecule has 4 unspecified atom stereocenters. The van der Waals surface area contributed by atoms with E-state index in [1.165, 1.54) is 0 Å². The number of nitriles is 1. The van der Waals surface area contributed by atoms with Gasteiger partial charge >= 0.3 is 12.2 Å². The Morgan fingerprint density at radius 1 is 1.19 bits per heavy atom. The van der Waals surface area contributed by atoms with Gasteiger partial charge in [0.05, 0.1) is 40.1 Å². The number of ether oxygens (including phenoxy) is 2. The minimum atomic E-state index is -5.06. The van der Waals surface area contributed by atoms with Gasteiger partial charge in [0.1, 0.15) is 41.0 Å². The summed E-state index contributed by atoms with van der Waals surface area (Å²) < 4.78 is 103. The van der Waals surface area contributed by atoms with Crippen LogP contribution < -0.4 is 15.4 Å². The molecule has 0 saturated carbocycles. The molecule has 5 aliphatic rings. The number of nitrogens with two attached hydrogens (primary N) is 1. The van der Waals surface area contributed by atoms with Crippen LogP contribution in [0.5, 0.6) is 6.01 Å². The van der Waals surface area contributed by atoms with Crippen molar-refractivity contribution in [2.75, 3.05) is 43.5 Å². The van der Waals surface area contributed by atoms with Crippen LogP contribution >= 0.6 is 11.3 Å². The molecule has 47 heavy (non-hydrogen) atoms. The van der Waals surface area contributed by atoms with Crippen molar-refractivity contribution in [1.82, 2.24) is 14.9 Å². The van der Waals surface area contributed by atoms with E-state index >= 15 is 4.39 Å². The molecule has 4 atom stereocenters. The van der Waals surface area contributed by atoms with Crippen LogP contribution in [0.4, 0.5) is 37.2 Å². The second-order valence-electron chi connectivity index (χ2n) is 12.8. The van der Waals surface area contributed by atoms with E-state index < -0.39 is 46.2 Å². The molecule has 0 radical (unpaired) electrons. The van der Waals surface area contributed by atoms with Crippen molar-refractivity contribution in [3.05, 3.63) is 41.0 Å². The van der Waals surface area contributed by atoms with Crippen LogP contribution in [0.1, 0.15) is 43.2 Å². The van der Waals surface area contributed by atoms with Gasteiger partial charge in [-0.2, -0.15) is 28.4 Å². The van der Waals surface area contributed by atoms with Gasteiger partial charge in [0.15, 0.2) is 5.82 Å². The molecule has 2 bridgehead atoms. The van der Waals surface area contributed by atoms with Gasteiger partial charge in [-0.15, -0.1) is 11.3 Å². The second-order valence-corrected chi connectivity index (χ2v) is 13.8. The maximum absolute atomic E-state index is 17.0. The molecular formula is C32H28F6N6O2S. The molecule has 5 aliphatic heterocycles. The predicted molar refractivity (Wildman–Crippen MR) is 163 cm³/mol. The molecule has 2 aromatic heterocycles. The first-order valence-electron chi connectivity index (χ1n) is 15.4. The number of fused-ring (bicyclic) bond motifs is 6. The number of morpholine rings is 1. The van der Waals surface area contributed by atoms with Crippen molar-refractivity contribution in [2.45, 2.75) is 62.1 Å². The van der Waals surface area contributed by atoms with Gasteiger partial charge < -0.3 is 20.1 Å². The van der Waals surface area contributed by atoms with Gasteiger partial charge in [0, 0.05) is 35.8 Å². The monoisotopic (exact) mass is 674 g/mol. The highest BCUT2D eigenvalue weighted by atomic mass is 32.1. The van der Waals surface area contributed by atoms with Crippen molar-refractivity contribution in [3.8, 4) is 23.2 Å². The topological polar surface area (TPSA) is 101 Å². The van der Waals surface area contributed by atoms with Gasteiger partial charge in [-0.05, 0) is 49.9 Å². The average molecular weight is 675 g/mol. The number of hydrogen-bond donors (Lipinski definition) is 1. The molecule has 0 amide bonds. The summed E-state index contributed by atoms with van der Waals surface area (Å²) in [5.41, 5.74) is 2.14. The van der Waals surface area contributed by atoms with Crippen LogP contribution in [-0.4, -0.2) is 71.6 Å². The molecule has 9 rings (SSSR count). The Hall–Kier alpha value is -3.87. The Balaban J connectivity index is 1.35. The summed E-state index contributed by atoms with van der Waals surface area (Å²) in [4.78, 5) is 12.8. The minimum absolute atomic E-state index is 0.0287. The first-order chi connectivity index (χ1) is 22.5. The van der Waals surface area contributed by atoms with E-state index in [1.54, 1.807) is 0 Å². The van der Waals surface area contributed by atoms with Gasteiger partial charge in [-0.25, -0.2) is 13.2 Å². The van der Waals surface area contributed by atoms with Crippen molar-refractivity contribution in [3.63, 3.8) is 0 Å². The second kappa shape index (κ2) is 10.8. The number of halogens is 6. The van der Waals surface area contributed by atoms with Gasteiger partial charge in [0.2, 0.25) is 0 Å². The Morgan fingerprint density at radius 3 is 2.72 bits per heavy atom. The van der Waals surface area contributed by atoms with Crippen LogP contribution in [0.3, 0.4) is 0 Å². The Labute approximate surface area is 268 Å². The summed E-state index contributed by atoms with van der Waals surface area (Å²) >= 11 is 0.700. The minimum Gasteiger partial charge on any atom is -0.461 e. The van der Waals surface area contributed by atoms with Gasteiger partial charge in [-0.1, -0.05) is 6.07 Å². The molecule has 5 fully saturated rings. The summed E-state index contributed by atoms with van der Waals surface area (Å²) in [6, 6.07) is 4.14. The van der Waals surface area contributed by atoms with Crippen molar-refractivity contribution >= 4 is 43.1 Å². The van der Waals surface area contributed by atoms with E-state index in [2.05, 4.69) is 9.97 Å². The van der Waals surface area contributed by atoms with E-state index in [-0.39, 0.29) is 75.1 Å². The Morgan fingerprint density at radius 2 is 2.02 bits per heavy atom. The van der Waals surface area contributed by atoms with Crippen LogP contribution in [-0.2, 0) is 10.9 Å². The highest BCUT2D eigenvalue weighted by Gasteiger charge is 2.49. The zero-order chi connectivity index (χ0) is 32.8. The number of nitrogen functional groups attached to an aromatic ring is 1. The van der Waals surface area contributed by atoms with E-state index in [9.17, 15) is 27.2 Å². The fraction of sp³-hybridized carbons (Fsp3) is 0.469. The number of rotatable bonds is 5. The lowest BCUT2D eigenvalue weighted by Crippen LogP contribution is -2.55. The summed E-state index contributed by atoms with van der Waals surface area (Å²) in [5.74, 6) is -2.05. The van der Waals surface area contributed by atoms with Crippen LogP contribution in [0.25, 0.3) is 32.1 Å². The third-order valence-corrected chi connectivity index (χ3v) is 11.1. The molecule has 0 aliphatic carbocycles. The fourth-order valence-corrected chi connectivity index (χ4v) is 8.88. The van der Waals surface area contributed by atoms with E-state index in [0.29, 0.717) is 43.9 Å². The zero-order valence-electron chi connectivity index (χ0n) is 24.8. The number of thiophene rings is 1. The quantitative estimate of drug-likeness (QED) is 0.237. The summed E-state index contributed by atoms with van der Waals surface area (Å²) in [6.45, 7) is 1.69. The van der Waals surface area contributed by atoms with E-state index in [1.807, 2.05) is 15.9 Å². The van der Waals surface area contributed by atoms with Crippen molar-refractivity contribution < 1.29 is 35.8 Å². The highest BCUT2D eigenvalue weighted by molar-refractivity contribution is 7.23. The van der Waals surface area contributed by atoms with E-state index in [4.69, 9.17) is 15.2 Å². The fourth-order valence-electron chi connectivity index (χ4n) is 7.93. The molecule has 8 nitrogen and oxygen atoms in total. The number of hydrogen-bond acceptors (Lipinski definition) is 9. The SMILES string of the molecule is N#Cc1c(N)sc2c(F)ccc(-c3c(C(F)(F)F)cc4c(N5CC6CCC5CO6)nc(OCC56CCCN5CC(F)C6)nc4c3F)c12. The smallest absolute Gasteiger partial charge is 0.417 e. The number of aromatic nitrogens is 2. The maximum Gasteiger partial charge on any atom is 0.417 e. The van der Waals surface area contributed by atoms with Crippen molar-refractivity contribution in [2.24, 2.45) is 0 Å². The number of anilines is 2. The highest BCUT2D eigenvalue weighted by Crippen LogP contribution is 2.49. The number of benzene rings is 2. The summed E-state index contributed by atoms with van der Waals surface area (Å²) in [7, 11) is 0. The molecule has 2 N–H and O–H groups in total. The van der Waals surface area contributed by atoms with Crippen LogP contribution in [0.15, 0.2) is 18.2 Å². The third kappa shape index (κ3) is 4.78. The van der Waals surface area contributed by atoms with Crippen LogP contribution in [0, 0.1) is 23.0 Å². The maximum atomic E-state index is 17.0. The molecule has 0 spiro atoms. The third-order valence-electron chi connectivity index (χ3n) is 10.1. The molecule has 4 aromatic rings. The normalized spacial score (nSPS) is 26.0. The number of piperidine rings is 1. The van der Waals surface area contributed by atoms with Crippen molar-refractivity contribution in [1.29, 1.82) is 5.26 Å². The zero-order valence-corrected chi connectivity index (χ0v) is 25.7. The molecular weight excluding hydrogens is 646 g/mol. The average Bonchev–Trinajstić information content (AvgIpc) is 3.69. The standard InChI is InChI=1S/C32H28F6N6O2S/c33-15-9-31(6-1-7-43(31)11-15)14-46-30-41-26-19(29(42-30)44-12-17-3-2-16(44)13-45-17)8-21(32(36,37)38)24(25(26)35)18-4-5-22(34)27-23(18)20(10-39)28(40)47-27/h4-5,8,15-17H,1-3,6-7,9,11-14,40H2. The van der Waals surface area contributed by atoms with E-state index in [0.717, 1.165) is 31.0 Å². The predicted octanol–water partition coefficient (Wildman–Crippen LogP) is 6.59. The molecule has 246 valence electrons. The molecule has 7 heterocycles. The van der Waals surface area contributed by atoms with Crippen LogP contribution in [0.2, 0.25) is 0 Å². The molecule has 15 heteroatoms. The molecule has 2 aromatic carbocycles.